The summed E-state index contributed by atoms with van der Waals surface area (Å²) in [5.74, 6) is 1.69. The summed E-state index contributed by atoms with van der Waals surface area (Å²) >= 11 is 0. The van der Waals surface area contributed by atoms with Gasteiger partial charge in [-0.25, -0.2) is 0 Å². The molecule has 1 spiro atoms. The second-order valence-corrected chi connectivity index (χ2v) is 5.58. The van der Waals surface area contributed by atoms with Gasteiger partial charge in [0.05, 0.1) is 0 Å². The fraction of sp³-hybridized carbons (Fsp3) is 0.538. The molecule has 2 aliphatic carbocycles. The third-order valence-corrected chi connectivity index (χ3v) is 4.29. The number of hydrogen-bond acceptors (Lipinski definition) is 3. The maximum Gasteiger partial charge on any atom is 0.231 e. The second kappa shape index (κ2) is 2.54. The lowest BCUT2D eigenvalue weighted by Gasteiger charge is -2.46. The van der Waals surface area contributed by atoms with E-state index >= 15 is 0 Å². The quantitative estimate of drug-likeness (QED) is 0.783. The summed E-state index contributed by atoms with van der Waals surface area (Å²) < 4.78 is 10.7. The molecule has 2 N–H and O–H groups in total. The van der Waals surface area contributed by atoms with Gasteiger partial charge in [-0.3, -0.25) is 0 Å². The van der Waals surface area contributed by atoms with Crippen LogP contribution in [0.25, 0.3) is 0 Å². The van der Waals surface area contributed by atoms with Crippen LogP contribution in [-0.2, 0) is 5.54 Å². The minimum absolute atomic E-state index is 0.114. The lowest BCUT2D eigenvalue weighted by molar-refractivity contribution is 0.124. The highest BCUT2D eigenvalue weighted by molar-refractivity contribution is 5.47. The first-order valence-corrected chi connectivity index (χ1v) is 5.88. The van der Waals surface area contributed by atoms with Gasteiger partial charge in [0, 0.05) is 5.54 Å². The molecule has 1 aliphatic heterocycles. The Balaban J connectivity index is 1.67. The van der Waals surface area contributed by atoms with E-state index in [-0.39, 0.29) is 5.54 Å². The first-order valence-electron chi connectivity index (χ1n) is 5.88. The lowest BCUT2D eigenvalue weighted by atomic mass is 9.63. The van der Waals surface area contributed by atoms with Crippen molar-refractivity contribution in [3.63, 3.8) is 0 Å². The molecule has 0 unspecified atom stereocenters. The topological polar surface area (TPSA) is 44.5 Å². The molecule has 0 aromatic heterocycles. The Morgan fingerprint density at radius 3 is 2.56 bits per heavy atom. The van der Waals surface area contributed by atoms with Crippen molar-refractivity contribution in [3.8, 4) is 11.5 Å². The first kappa shape index (κ1) is 8.88. The zero-order valence-electron chi connectivity index (χ0n) is 9.16. The minimum atomic E-state index is -0.114. The van der Waals surface area contributed by atoms with Crippen molar-refractivity contribution >= 4 is 0 Å². The van der Waals surface area contributed by atoms with Crippen LogP contribution in [0.5, 0.6) is 11.5 Å². The summed E-state index contributed by atoms with van der Waals surface area (Å²) in [6.07, 6.45) is 5.02. The number of rotatable bonds is 1. The van der Waals surface area contributed by atoms with Crippen molar-refractivity contribution in [2.45, 2.75) is 31.2 Å². The van der Waals surface area contributed by atoms with Gasteiger partial charge in [-0.1, -0.05) is 6.07 Å². The highest BCUT2D eigenvalue weighted by Gasteiger charge is 2.59. The summed E-state index contributed by atoms with van der Waals surface area (Å²) in [5, 5.41) is 0. The molecule has 1 heterocycles. The third-order valence-electron chi connectivity index (χ3n) is 4.29. The zero-order valence-corrected chi connectivity index (χ0v) is 9.16. The van der Waals surface area contributed by atoms with Crippen LogP contribution in [0.1, 0.15) is 31.2 Å². The van der Waals surface area contributed by atoms with Gasteiger partial charge >= 0.3 is 0 Å². The van der Waals surface area contributed by atoms with E-state index in [0.717, 1.165) is 24.3 Å². The molecule has 3 heteroatoms. The Hall–Kier alpha value is -1.22. The summed E-state index contributed by atoms with van der Waals surface area (Å²) in [5.41, 5.74) is 8.14. The van der Waals surface area contributed by atoms with Crippen LogP contribution in [0.3, 0.4) is 0 Å². The van der Waals surface area contributed by atoms with Crippen molar-refractivity contribution in [3.05, 3.63) is 23.8 Å². The van der Waals surface area contributed by atoms with Gasteiger partial charge in [-0.2, -0.15) is 0 Å². The molecule has 3 aliphatic rings. The fourth-order valence-electron chi connectivity index (χ4n) is 3.23. The van der Waals surface area contributed by atoms with Gasteiger partial charge in [0.15, 0.2) is 11.5 Å². The molecule has 2 fully saturated rings. The number of hydrogen-bond donors (Lipinski definition) is 1. The molecule has 0 amide bonds. The van der Waals surface area contributed by atoms with E-state index in [2.05, 4.69) is 12.1 Å². The third kappa shape index (κ3) is 1.07. The molecular weight excluding hydrogens is 202 g/mol. The number of nitrogens with two attached hydrogens (primary N) is 1. The number of ether oxygens (including phenoxy) is 2. The Kier molecular flexibility index (Phi) is 1.41. The molecule has 2 saturated carbocycles. The monoisotopic (exact) mass is 217 g/mol. The molecule has 16 heavy (non-hydrogen) atoms. The van der Waals surface area contributed by atoms with Crippen molar-refractivity contribution in [2.24, 2.45) is 11.1 Å². The van der Waals surface area contributed by atoms with Crippen molar-refractivity contribution in [2.75, 3.05) is 6.79 Å². The molecular formula is C13H15NO2. The summed E-state index contributed by atoms with van der Waals surface area (Å²) in [4.78, 5) is 0. The highest BCUT2D eigenvalue weighted by atomic mass is 16.7. The van der Waals surface area contributed by atoms with Gasteiger partial charge < -0.3 is 15.2 Å². The molecule has 0 radical (unpaired) electrons. The first-order chi connectivity index (χ1) is 7.69. The van der Waals surface area contributed by atoms with E-state index < -0.39 is 0 Å². The van der Waals surface area contributed by atoms with Crippen molar-refractivity contribution in [1.29, 1.82) is 0 Å². The molecule has 4 rings (SSSR count). The fourth-order valence-corrected chi connectivity index (χ4v) is 3.23. The minimum Gasteiger partial charge on any atom is -0.454 e. The van der Waals surface area contributed by atoms with Crippen LogP contribution in [0.15, 0.2) is 18.2 Å². The second-order valence-electron chi connectivity index (χ2n) is 5.58. The molecule has 84 valence electrons. The summed E-state index contributed by atoms with van der Waals surface area (Å²) in [6.45, 7) is 0.334. The van der Waals surface area contributed by atoms with Crippen LogP contribution >= 0.6 is 0 Å². The van der Waals surface area contributed by atoms with Gasteiger partial charge in [0.2, 0.25) is 6.79 Å². The van der Waals surface area contributed by atoms with Crippen LogP contribution in [0.2, 0.25) is 0 Å². The average Bonchev–Trinajstić information content (AvgIpc) is 2.87. The van der Waals surface area contributed by atoms with Crippen LogP contribution in [-0.4, -0.2) is 6.79 Å². The van der Waals surface area contributed by atoms with Gasteiger partial charge in [0.1, 0.15) is 0 Å². The molecule has 1 aromatic rings. The van der Waals surface area contributed by atoms with Gasteiger partial charge in [-0.15, -0.1) is 0 Å². The van der Waals surface area contributed by atoms with Crippen LogP contribution < -0.4 is 15.2 Å². The predicted molar refractivity (Wildman–Crippen MR) is 59.3 cm³/mol. The van der Waals surface area contributed by atoms with Gasteiger partial charge in [0.25, 0.3) is 0 Å². The van der Waals surface area contributed by atoms with Crippen molar-refractivity contribution < 1.29 is 9.47 Å². The lowest BCUT2D eigenvalue weighted by Crippen LogP contribution is -2.50. The predicted octanol–water partition coefficient (Wildman–Crippen LogP) is 2.14. The Morgan fingerprint density at radius 1 is 1.06 bits per heavy atom. The van der Waals surface area contributed by atoms with E-state index in [1.807, 2.05) is 6.07 Å². The zero-order chi connectivity index (χ0) is 10.8. The smallest absolute Gasteiger partial charge is 0.231 e. The summed E-state index contributed by atoms with van der Waals surface area (Å²) in [7, 11) is 0. The number of benzene rings is 1. The standard InChI is InChI=1S/C13H15NO2/c14-13(6-12(7-13)3-4-12)9-1-2-10-11(5-9)16-8-15-10/h1-2,5H,3-4,6-8,14H2. The molecule has 0 saturated heterocycles. The maximum atomic E-state index is 6.44. The molecule has 1 aromatic carbocycles. The van der Waals surface area contributed by atoms with Crippen LogP contribution in [0, 0.1) is 5.41 Å². The Bertz CT molecular complexity index is 457. The normalized spacial score (nSPS) is 26.6. The van der Waals surface area contributed by atoms with E-state index in [9.17, 15) is 0 Å². The van der Waals surface area contributed by atoms with E-state index in [1.54, 1.807) is 0 Å². The Labute approximate surface area is 94.5 Å². The molecule has 3 nitrogen and oxygen atoms in total. The van der Waals surface area contributed by atoms with Gasteiger partial charge in [-0.05, 0) is 48.8 Å². The largest absolute Gasteiger partial charge is 0.454 e. The summed E-state index contributed by atoms with van der Waals surface area (Å²) in [6, 6.07) is 6.12. The molecule has 0 bridgehead atoms. The van der Waals surface area contributed by atoms with Crippen molar-refractivity contribution in [1.82, 2.24) is 0 Å². The number of fused-ring (bicyclic) bond motifs is 1. The average molecular weight is 217 g/mol. The molecule has 0 atom stereocenters. The van der Waals surface area contributed by atoms with E-state index in [4.69, 9.17) is 15.2 Å². The Morgan fingerprint density at radius 2 is 1.81 bits per heavy atom. The highest BCUT2D eigenvalue weighted by Crippen LogP contribution is 2.67. The SMILES string of the molecule is NC1(c2ccc3c(c2)OCO3)CC2(CC2)C1. The van der Waals surface area contributed by atoms with E-state index in [0.29, 0.717) is 12.2 Å². The van der Waals surface area contributed by atoms with Crippen LogP contribution in [0.4, 0.5) is 0 Å². The van der Waals surface area contributed by atoms with E-state index in [1.165, 1.54) is 18.4 Å². The maximum absolute atomic E-state index is 6.44.